The van der Waals surface area contributed by atoms with Crippen molar-refractivity contribution in [1.29, 1.82) is 0 Å². The second-order valence-electron chi connectivity index (χ2n) is 5.24. The van der Waals surface area contributed by atoms with Crippen molar-refractivity contribution in [2.24, 2.45) is 5.92 Å². The third kappa shape index (κ3) is 3.25. The number of phenols is 1. The number of nitrogens with zero attached hydrogens (tertiary/aromatic N) is 1. The molecule has 1 amide bonds. The van der Waals surface area contributed by atoms with Crippen LogP contribution < -0.4 is 0 Å². The van der Waals surface area contributed by atoms with Gasteiger partial charge in [-0.1, -0.05) is 25.3 Å². The van der Waals surface area contributed by atoms with E-state index >= 15 is 0 Å². The zero-order valence-electron chi connectivity index (χ0n) is 10.9. The molecule has 1 saturated carbocycles. The van der Waals surface area contributed by atoms with Crippen LogP contribution in [-0.4, -0.2) is 29.5 Å². The lowest BCUT2D eigenvalue weighted by molar-refractivity contribution is 0.0760. The van der Waals surface area contributed by atoms with Gasteiger partial charge in [-0.25, -0.2) is 0 Å². The van der Waals surface area contributed by atoms with Crippen LogP contribution in [0.2, 0.25) is 0 Å². The molecule has 1 aromatic rings. The van der Waals surface area contributed by atoms with Crippen molar-refractivity contribution in [3.05, 3.63) is 29.8 Å². The number of amides is 1. The van der Waals surface area contributed by atoms with Gasteiger partial charge in [-0.2, -0.15) is 0 Å². The average Bonchev–Trinajstić information content (AvgIpc) is 2.39. The van der Waals surface area contributed by atoms with E-state index in [1.165, 1.54) is 38.2 Å². The molecular weight excluding hydrogens is 226 g/mol. The van der Waals surface area contributed by atoms with Crippen molar-refractivity contribution in [1.82, 2.24) is 4.90 Å². The minimum atomic E-state index is -0.00327. The molecule has 1 fully saturated rings. The van der Waals surface area contributed by atoms with Gasteiger partial charge < -0.3 is 10.0 Å². The lowest BCUT2D eigenvalue weighted by atomic mass is 9.89. The summed E-state index contributed by atoms with van der Waals surface area (Å²) in [7, 11) is 1.85. The lowest BCUT2D eigenvalue weighted by Gasteiger charge is -2.27. The summed E-state index contributed by atoms with van der Waals surface area (Å²) in [6.45, 7) is 0.828. The van der Waals surface area contributed by atoms with Gasteiger partial charge in [0.2, 0.25) is 0 Å². The van der Waals surface area contributed by atoms with Crippen LogP contribution in [0.4, 0.5) is 0 Å². The van der Waals surface area contributed by atoms with Crippen molar-refractivity contribution >= 4 is 5.91 Å². The van der Waals surface area contributed by atoms with Crippen LogP contribution in [0.1, 0.15) is 42.5 Å². The first-order chi connectivity index (χ1) is 8.66. The molecule has 1 aliphatic carbocycles. The van der Waals surface area contributed by atoms with Crippen molar-refractivity contribution in [2.45, 2.75) is 32.1 Å². The highest BCUT2D eigenvalue weighted by atomic mass is 16.3. The van der Waals surface area contributed by atoms with Crippen LogP contribution in [0.3, 0.4) is 0 Å². The van der Waals surface area contributed by atoms with E-state index in [4.69, 9.17) is 0 Å². The van der Waals surface area contributed by atoms with E-state index in [1.807, 2.05) is 7.05 Å². The molecular formula is C15H21NO2. The third-order valence-corrected chi connectivity index (χ3v) is 3.70. The Bertz CT molecular complexity index is 411. The quantitative estimate of drug-likeness (QED) is 0.891. The summed E-state index contributed by atoms with van der Waals surface area (Å²) in [5, 5.41) is 9.39. The van der Waals surface area contributed by atoms with Crippen LogP contribution in [-0.2, 0) is 0 Å². The molecule has 0 spiro atoms. The summed E-state index contributed by atoms with van der Waals surface area (Å²) in [4.78, 5) is 14.0. The monoisotopic (exact) mass is 247 g/mol. The summed E-state index contributed by atoms with van der Waals surface area (Å²) in [6, 6.07) is 6.56. The van der Waals surface area contributed by atoms with Gasteiger partial charge in [0.25, 0.3) is 5.91 Å². The maximum absolute atomic E-state index is 12.2. The third-order valence-electron chi connectivity index (χ3n) is 3.70. The van der Waals surface area contributed by atoms with Gasteiger partial charge in [0.15, 0.2) is 0 Å². The fourth-order valence-electron chi connectivity index (χ4n) is 2.70. The Labute approximate surface area is 108 Å². The highest BCUT2D eigenvalue weighted by Crippen LogP contribution is 2.24. The maximum Gasteiger partial charge on any atom is 0.253 e. The van der Waals surface area contributed by atoms with Crippen LogP contribution in [0.5, 0.6) is 5.75 Å². The van der Waals surface area contributed by atoms with E-state index in [0.29, 0.717) is 11.5 Å². The largest absolute Gasteiger partial charge is 0.508 e. The minimum absolute atomic E-state index is 0.00327. The second-order valence-corrected chi connectivity index (χ2v) is 5.24. The predicted octanol–water partition coefficient (Wildman–Crippen LogP) is 3.04. The Kier molecular flexibility index (Phi) is 4.24. The van der Waals surface area contributed by atoms with Crippen molar-refractivity contribution in [3.8, 4) is 5.75 Å². The first kappa shape index (κ1) is 12.9. The molecule has 0 bridgehead atoms. The van der Waals surface area contributed by atoms with Gasteiger partial charge in [-0.3, -0.25) is 4.79 Å². The molecule has 2 rings (SSSR count). The number of hydrogen-bond acceptors (Lipinski definition) is 2. The molecule has 0 radical (unpaired) electrons. The summed E-state index contributed by atoms with van der Waals surface area (Å²) < 4.78 is 0. The standard InChI is InChI=1S/C15H21NO2/c1-16(11-12-6-3-2-4-7-12)15(18)13-8-5-9-14(17)10-13/h5,8-10,12,17H,2-4,6-7,11H2,1H3. The fraction of sp³-hybridized carbons (Fsp3) is 0.533. The summed E-state index contributed by atoms with van der Waals surface area (Å²) >= 11 is 0. The summed E-state index contributed by atoms with van der Waals surface area (Å²) in [5.41, 5.74) is 0.563. The summed E-state index contributed by atoms with van der Waals surface area (Å²) in [6.07, 6.45) is 6.38. The molecule has 3 nitrogen and oxygen atoms in total. The average molecular weight is 247 g/mol. The second kappa shape index (κ2) is 5.89. The summed E-state index contributed by atoms with van der Waals surface area (Å²) in [5.74, 6) is 0.786. The van der Waals surface area contributed by atoms with Gasteiger partial charge in [0, 0.05) is 19.2 Å². The molecule has 0 unspecified atom stereocenters. The lowest BCUT2D eigenvalue weighted by Crippen LogP contribution is -2.32. The molecule has 0 aliphatic heterocycles. The van der Waals surface area contributed by atoms with Gasteiger partial charge in [-0.05, 0) is 37.0 Å². The number of carbonyl (C=O) groups excluding carboxylic acids is 1. The Hall–Kier alpha value is -1.51. The van der Waals surface area contributed by atoms with Gasteiger partial charge in [0.1, 0.15) is 5.75 Å². The van der Waals surface area contributed by atoms with Crippen LogP contribution >= 0.6 is 0 Å². The molecule has 3 heteroatoms. The van der Waals surface area contributed by atoms with Crippen molar-refractivity contribution < 1.29 is 9.90 Å². The topological polar surface area (TPSA) is 40.5 Å². The van der Waals surface area contributed by atoms with Gasteiger partial charge in [-0.15, -0.1) is 0 Å². The maximum atomic E-state index is 12.2. The van der Waals surface area contributed by atoms with Crippen LogP contribution in [0.25, 0.3) is 0 Å². The number of hydrogen-bond donors (Lipinski definition) is 1. The first-order valence-corrected chi connectivity index (χ1v) is 6.71. The first-order valence-electron chi connectivity index (χ1n) is 6.71. The van der Waals surface area contributed by atoms with Crippen molar-refractivity contribution in [2.75, 3.05) is 13.6 Å². The van der Waals surface area contributed by atoms with Crippen molar-refractivity contribution in [3.63, 3.8) is 0 Å². The Morgan fingerprint density at radius 2 is 2.06 bits per heavy atom. The van der Waals surface area contributed by atoms with E-state index in [1.54, 1.807) is 23.1 Å². The van der Waals surface area contributed by atoms with E-state index in [2.05, 4.69) is 0 Å². The molecule has 1 aliphatic rings. The van der Waals surface area contributed by atoms with E-state index in [9.17, 15) is 9.90 Å². The number of carbonyl (C=O) groups is 1. The fourth-order valence-corrected chi connectivity index (χ4v) is 2.70. The Morgan fingerprint density at radius 1 is 1.33 bits per heavy atom. The Morgan fingerprint density at radius 3 is 2.72 bits per heavy atom. The minimum Gasteiger partial charge on any atom is -0.508 e. The van der Waals surface area contributed by atoms with Gasteiger partial charge >= 0.3 is 0 Å². The predicted molar refractivity (Wildman–Crippen MR) is 71.6 cm³/mol. The van der Waals surface area contributed by atoms with Crippen LogP contribution in [0, 0.1) is 5.92 Å². The number of rotatable bonds is 3. The molecule has 98 valence electrons. The number of aromatic hydroxyl groups is 1. The normalized spacial score (nSPS) is 16.5. The van der Waals surface area contributed by atoms with Crippen LogP contribution in [0.15, 0.2) is 24.3 Å². The highest BCUT2D eigenvalue weighted by molar-refractivity contribution is 5.94. The SMILES string of the molecule is CN(CC1CCCCC1)C(=O)c1cccc(O)c1. The van der Waals surface area contributed by atoms with E-state index in [-0.39, 0.29) is 11.7 Å². The molecule has 1 aromatic carbocycles. The van der Waals surface area contributed by atoms with Gasteiger partial charge in [0.05, 0.1) is 0 Å². The number of benzene rings is 1. The zero-order valence-corrected chi connectivity index (χ0v) is 10.9. The molecule has 0 heterocycles. The molecule has 0 saturated heterocycles. The number of phenolic OH excluding ortho intramolecular Hbond substituents is 1. The molecule has 0 atom stereocenters. The highest BCUT2D eigenvalue weighted by Gasteiger charge is 2.19. The smallest absolute Gasteiger partial charge is 0.253 e. The van der Waals surface area contributed by atoms with E-state index < -0.39 is 0 Å². The molecule has 18 heavy (non-hydrogen) atoms. The zero-order chi connectivity index (χ0) is 13.0. The van der Waals surface area contributed by atoms with E-state index in [0.717, 1.165) is 6.54 Å². The Balaban J connectivity index is 1.95. The molecule has 0 aromatic heterocycles. The molecule has 1 N–H and O–H groups in total.